The predicted molar refractivity (Wildman–Crippen MR) is 223 cm³/mol. The minimum atomic E-state index is -4.53. The normalized spacial score (nSPS) is 15.0. The van der Waals surface area contributed by atoms with Crippen LogP contribution in [0.1, 0.15) is 142 Å². The fourth-order valence-electron chi connectivity index (χ4n) is 5.01. The lowest BCUT2D eigenvalue weighted by Crippen LogP contribution is -2.29. The van der Waals surface area contributed by atoms with Gasteiger partial charge in [-0.1, -0.05) is 137 Å². The number of phosphoric ester groups is 1. The number of aliphatic hydroxyl groups is 2. The Kier molecular flexibility index (Phi) is 38.5. The zero-order valence-corrected chi connectivity index (χ0v) is 34.5. The number of unbranched alkanes of at least 4 members (excludes halogenated alkanes) is 10. The number of esters is 1. The maximum atomic E-state index is 12.6. The molecule has 0 rings (SSSR count). The van der Waals surface area contributed by atoms with Crippen molar-refractivity contribution in [3.05, 3.63) is 85.1 Å². The predicted octanol–water partition coefficient (Wildman–Crippen LogP) is 11.1. The summed E-state index contributed by atoms with van der Waals surface area (Å²) >= 11 is 0. The van der Waals surface area contributed by atoms with Crippen LogP contribution in [0.2, 0.25) is 0 Å². The monoisotopic (exact) mass is 779 g/mol. The Hall–Kier alpha value is -2.36. The van der Waals surface area contributed by atoms with Crippen molar-refractivity contribution < 1.29 is 43.0 Å². The molecule has 310 valence electrons. The van der Waals surface area contributed by atoms with Crippen LogP contribution in [0.4, 0.5) is 0 Å². The number of allylic oxidation sites excluding steroid dienone is 14. The average Bonchev–Trinajstić information content (AvgIpc) is 3.16. The molecule has 0 bridgehead atoms. The van der Waals surface area contributed by atoms with E-state index in [0.717, 1.165) is 116 Å². The third kappa shape index (κ3) is 39.3. The van der Waals surface area contributed by atoms with E-state index in [4.69, 9.17) is 23.6 Å². The van der Waals surface area contributed by atoms with E-state index in [-0.39, 0.29) is 13.0 Å². The van der Waals surface area contributed by atoms with Gasteiger partial charge in [-0.3, -0.25) is 13.8 Å². The SMILES string of the molecule is CC/C=C\C/C=C\C/C=C\C/C=C\CCCCCCCOCC(COP(=O)(O)OCC(O)CO)OC(=O)CCCCCCC/C=C\C/C=C\C/C=C\CC. The molecule has 0 aromatic rings. The summed E-state index contributed by atoms with van der Waals surface area (Å²) in [5, 5.41) is 18.3. The van der Waals surface area contributed by atoms with Crippen molar-refractivity contribution in [2.45, 2.75) is 154 Å². The minimum Gasteiger partial charge on any atom is -0.457 e. The summed E-state index contributed by atoms with van der Waals surface area (Å²) in [5.41, 5.74) is 0. The highest BCUT2D eigenvalue weighted by Crippen LogP contribution is 2.43. The molecule has 0 aliphatic carbocycles. The first-order valence-corrected chi connectivity index (χ1v) is 22.1. The van der Waals surface area contributed by atoms with Gasteiger partial charge in [-0.2, -0.15) is 0 Å². The fourth-order valence-corrected chi connectivity index (χ4v) is 5.80. The van der Waals surface area contributed by atoms with Crippen LogP contribution in [0.5, 0.6) is 0 Å². The second kappa shape index (κ2) is 40.3. The Bertz CT molecular complexity index is 1110. The maximum Gasteiger partial charge on any atom is 0.472 e. The summed E-state index contributed by atoms with van der Waals surface area (Å²) in [6, 6.07) is 0. The third-order valence-electron chi connectivity index (χ3n) is 8.08. The number of carbonyl (C=O) groups excluding carboxylic acids is 1. The number of ether oxygens (including phenoxy) is 2. The van der Waals surface area contributed by atoms with Gasteiger partial charge in [-0.05, 0) is 83.5 Å². The number of carbonyl (C=O) groups is 1. The van der Waals surface area contributed by atoms with Crippen molar-refractivity contribution in [1.82, 2.24) is 0 Å². The Morgan fingerprint density at radius 1 is 0.574 bits per heavy atom. The largest absolute Gasteiger partial charge is 0.472 e. The topological polar surface area (TPSA) is 132 Å². The van der Waals surface area contributed by atoms with Gasteiger partial charge in [0.15, 0.2) is 0 Å². The molecule has 0 radical (unpaired) electrons. The molecule has 0 spiro atoms. The number of hydrogen-bond acceptors (Lipinski definition) is 8. The summed E-state index contributed by atoms with van der Waals surface area (Å²) in [6.07, 6.45) is 48.2. The molecule has 0 heterocycles. The summed E-state index contributed by atoms with van der Waals surface area (Å²) in [4.78, 5) is 22.5. The first-order valence-electron chi connectivity index (χ1n) is 20.6. The van der Waals surface area contributed by atoms with E-state index in [2.05, 4.69) is 98.9 Å². The van der Waals surface area contributed by atoms with Gasteiger partial charge in [0.2, 0.25) is 0 Å². The highest BCUT2D eigenvalue weighted by atomic mass is 31.2. The molecule has 0 aliphatic heterocycles. The smallest absolute Gasteiger partial charge is 0.457 e. The van der Waals surface area contributed by atoms with E-state index in [9.17, 15) is 19.4 Å². The van der Waals surface area contributed by atoms with Crippen molar-refractivity contribution in [3.8, 4) is 0 Å². The second-order valence-electron chi connectivity index (χ2n) is 13.2. The molecule has 9 nitrogen and oxygen atoms in total. The number of hydrogen-bond donors (Lipinski definition) is 3. The summed E-state index contributed by atoms with van der Waals surface area (Å²) in [6.45, 7) is 3.19. The molecule has 3 N–H and O–H groups in total. The van der Waals surface area contributed by atoms with Crippen LogP contribution in [0.3, 0.4) is 0 Å². The summed E-state index contributed by atoms with van der Waals surface area (Å²) in [5.74, 6) is -0.411. The van der Waals surface area contributed by atoms with Crippen molar-refractivity contribution in [1.29, 1.82) is 0 Å². The van der Waals surface area contributed by atoms with Crippen molar-refractivity contribution in [2.24, 2.45) is 0 Å². The van der Waals surface area contributed by atoms with Crippen molar-refractivity contribution in [3.63, 3.8) is 0 Å². The second-order valence-corrected chi connectivity index (χ2v) is 14.7. The third-order valence-corrected chi connectivity index (χ3v) is 9.03. The Balaban J connectivity index is 4.28. The lowest BCUT2D eigenvalue weighted by Gasteiger charge is -2.20. The standard InChI is InChI=1S/C44H75O9P/c1-3-5-7-9-11-13-15-17-19-20-21-23-25-27-29-31-33-35-37-50-40-43(41-52-54(48,49)51-39-42(46)38-45)53-44(47)36-34-32-30-28-26-24-22-18-16-14-12-10-8-6-4-2/h5-8,11-14,17-19,21-23,42-43,45-46H,3-4,9-10,15-16,20,24-41H2,1-2H3,(H,48,49)/b7-5-,8-6-,13-11-,14-12-,19-17-,22-18-,23-21-. The Labute approximate surface area is 328 Å². The van der Waals surface area contributed by atoms with Gasteiger partial charge in [-0.25, -0.2) is 4.57 Å². The van der Waals surface area contributed by atoms with E-state index < -0.39 is 45.8 Å². The molecule has 0 fully saturated rings. The van der Waals surface area contributed by atoms with Crippen LogP contribution in [-0.4, -0.2) is 66.3 Å². The zero-order chi connectivity index (χ0) is 39.6. The van der Waals surface area contributed by atoms with Gasteiger partial charge in [0.1, 0.15) is 12.2 Å². The lowest BCUT2D eigenvalue weighted by molar-refractivity contribution is -0.154. The quantitative estimate of drug-likeness (QED) is 0.0242. The summed E-state index contributed by atoms with van der Waals surface area (Å²) < 4.78 is 33.3. The first-order chi connectivity index (χ1) is 26.3. The van der Waals surface area contributed by atoms with Gasteiger partial charge in [0, 0.05) is 13.0 Å². The van der Waals surface area contributed by atoms with Crippen LogP contribution in [0.15, 0.2) is 85.1 Å². The number of phosphoric acid groups is 1. The highest BCUT2D eigenvalue weighted by Gasteiger charge is 2.26. The summed E-state index contributed by atoms with van der Waals surface area (Å²) in [7, 11) is -4.53. The van der Waals surface area contributed by atoms with Gasteiger partial charge in [-0.15, -0.1) is 0 Å². The average molecular weight is 779 g/mol. The van der Waals surface area contributed by atoms with Crippen molar-refractivity contribution in [2.75, 3.05) is 33.0 Å². The molecule has 0 amide bonds. The van der Waals surface area contributed by atoms with Gasteiger partial charge in [0.05, 0.1) is 26.4 Å². The number of rotatable bonds is 38. The minimum absolute atomic E-state index is 0.0239. The molecular weight excluding hydrogens is 703 g/mol. The molecule has 3 unspecified atom stereocenters. The molecule has 3 atom stereocenters. The molecule has 54 heavy (non-hydrogen) atoms. The van der Waals surface area contributed by atoms with E-state index in [1.165, 1.54) is 0 Å². The maximum absolute atomic E-state index is 12.6. The molecule has 0 saturated carbocycles. The van der Waals surface area contributed by atoms with Crippen LogP contribution >= 0.6 is 7.82 Å². The molecular formula is C44H75O9P. The molecule has 0 saturated heterocycles. The van der Waals surface area contributed by atoms with Gasteiger partial charge in [0.25, 0.3) is 0 Å². The fraction of sp³-hybridized carbons (Fsp3) is 0.659. The molecule has 0 aromatic heterocycles. The van der Waals surface area contributed by atoms with Crippen LogP contribution in [0.25, 0.3) is 0 Å². The van der Waals surface area contributed by atoms with Gasteiger partial charge >= 0.3 is 13.8 Å². The van der Waals surface area contributed by atoms with Crippen LogP contribution in [0, 0.1) is 0 Å². The first kappa shape index (κ1) is 51.6. The van der Waals surface area contributed by atoms with Gasteiger partial charge < -0.3 is 24.6 Å². The highest BCUT2D eigenvalue weighted by molar-refractivity contribution is 7.47. The van der Waals surface area contributed by atoms with Crippen molar-refractivity contribution >= 4 is 13.8 Å². The molecule has 10 heteroatoms. The molecule has 0 aliphatic rings. The van der Waals surface area contributed by atoms with E-state index in [0.29, 0.717) is 13.0 Å². The van der Waals surface area contributed by atoms with E-state index in [1.807, 2.05) is 0 Å². The van der Waals surface area contributed by atoms with E-state index >= 15 is 0 Å². The Morgan fingerprint density at radius 3 is 1.50 bits per heavy atom. The van der Waals surface area contributed by atoms with Crippen LogP contribution < -0.4 is 0 Å². The Morgan fingerprint density at radius 2 is 1.00 bits per heavy atom. The number of aliphatic hydroxyl groups excluding tert-OH is 2. The lowest BCUT2D eigenvalue weighted by atomic mass is 10.1. The zero-order valence-electron chi connectivity index (χ0n) is 33.7. The van der Waals surface area contributed by atoms with E-state index in [1.54, 1.807) is 0 Å². The van der Waals surface area contributed by atoms with Crippen LogP contribution in [-0.2, 0) is 27.9 Å². The molecule has 0 aromatic carbocycles.